The number of nitrogens with one attached hydrogen (secondary N) is 1. The molecule has 2 saturated carbocycles. The molecular weight excluding hydrogens is 214 g/mol. The molecule has 5 atom stereocenters. The van der Waals surface area contributed by atoms with E-state index in [1.165, 1.54) is 25.7 Å². The van der Waals surface area contributed by atoms with Gasteiger partial charge in [-0.2, -0.15) is 0 Å². The Bertz CT molecular complexity index is 305. The van der Waals surface area contributed by atoms with E-state index in [1.807, 2.05) is 7.05 Å². The number of ether oxygens (including phenoxy) is 1. The fraction of sp³-hybridized carbons (Fsp3) is 0.929. The van der Waals surface area contributed by atoms with Crippen LogP contribution in [0, 0.1) is 23.7 Å². The monoisotopic (exact) mass is 237 g/mol. The van der Waals surface area contributed by atoms with Gasteiger partial charge in [0.1, 0.15) is 5.78 Å². The molecule has 3 fully saturated rings. The van der Waals surface area contributed by atoms with Gasteiger partial charge in [-0.1, -0.05) is 6.42 Å². The van der Waals surface area contributed by atoms with E-state index in [2.05, 4.69) is 5.32 Å². The quantitative estimate of drug-likeness (QED) is 0.807. The summed E-state index contributed by atoms with van der Waals surface area (Å²) in [6.45, 7) is 1.33. The summed E-state index contributed by atoms with van der Waals surface area (Å²) in [7, 11) is 1.93. The number of hydrogen-bond donors (Lipinski definition) is 1. The number of fused-ring (bicyclic) bond motifs is 2. The van der Waals surface area contributed by atoms with Crippen LogP contribution in [0.25, 0.3) is 0 Å². The molecule has 1 saturated heterocycles. The second-order valence-corrected chi connectivity index (χ2v) is 6.14. The van der Waals surface area contributed by atoms with Crippen molar-refractivity contribution in [2.24, 2.45) is 23.7 Å². The number of carbonyl (C=O) groups excluding carboxylic acids is 1. The van der Waals surface area contributed by atoms with Crippen molar-refractivity contribution in [3.05, 3.63) is 0 Å². The van der Waals surface area contributed by atoms with Crippen LogP contribution >= 0.6 is 0 Å². The molecule has 2 bridgehead atoms. The van der Waals surface area contributed by atoms with E-state index in [0.717, 1.165) is 18.3 Å². The highest BCUT2D eigenvalue weighted by Crippen LogP contribution is 2.49. The summed E-state index contributed by atoms with van der Waals surface area (Å²) >= 11 is 0. The Morgan fingerprint density at radius 2 is 2.18 bits per heavy atom. The molecule has 3 nitrogen and oxygen atoms in total. The molecule has 3 rings (SSSR count). The summed E-state index contributed by atoms with van der Waals surface area (Å²) in [5, 5.41) is 3.21. The van der Waals surface area contributed by atoms with Gasteiger partial charge >= 0.3 is 0 Å². The number of rotatable bonds is 4. The van der Waals surface area contributed by atoms with E-state index in [1.54, 1.807) is 0 Å². The highest BCUT2D eigenvalue weighted by molar-refractivity contribution is 5.82. The first-order valence-electron chi connectivity index (χ1n) is 7.05. The van der Waals surface area contributed by atoms with Crippen molar-refractivity contribution >= 4 is 5.78 Å². The third kappa shape index (κ3) is 2.15. The van der Waals surface area contributed by atoms with Crippen LogP contribution < -0.4 is 5.32 Å². The zero-order chi connectivity index (χ0) is 11.8. The minimum atomic E-state index is 0.110. The topological polar surface area (TPSA) is 38.3 Å². The van der Waals surface area contributed by atoms with Gasteiger partial charge in [0.2, 0.25) is 0 Å². The van der Waals surface area contributed by atoms with Gasteiger partial charge in [-0.25, -0.2) is 0 Å². The minimum absolute atomic E-state index is 0.110. The Kier molecular flexibility index (Phi) is 3.22. The molecule has 0 spiro atoms. The predicted molar refractivity (Wildman–Crippen MR) is 65.7 cm³/mol. The van der Waals surface area contributed by atoms with Crippen LogP contribution in [-0.4, -0.2) is 32.1 Å². The number of likely N-dealkylation sites (N-methyl/N-ethyl adjacent to an activating group) is 1. The molecule has 3 aliphatic rings. The molecule has 1 heterocycles. The fourth-order valence-electron chi connectivity index (χ4n) is 4.19. The molecule has 1 aliphatic heterocycles. The van der Waals surface area contributed by atoms with Crippen LogP contribution in [0.2, 0.25) is 0 Å². The van der Waals surface area contributed by atoms with E-state index in [-0.39, 0.29) is 12.0 Å². The van der Waals surface area contributed by atoms with Crippen LogP contribution in [0.1, 0.15) is 32.1 Å². The third-order valence-corrected chi connectivity index (χ3v) is 5.21. The summed E-state index contributed by atoms with van der Waals surface area (Å²) in [6.07, 6.45) is 6.32. The van der Waals surface area contributed by atoms with Crippen molar-refractivity contribution in [3.8, 4) is 0 Å². The average molecular weight is 237 g/mol. The van der Waals surface area contributed by atoms with Gasteiger partial charge in [0.25, 0.3) is 0 Å². The Balaban J connectivity index is 1.56. The fourth-order valence-corrected chi connectivity index (χ4v) is 4.19. The highest BCUT2D eigenvalue weighted by atomic mass is 16.5. The summed E-state index contributed by atoms with van der Waals surface area (Å²) in [5.74, 6) is 3.05. The molecule has 0 amide bonds. The second kappa shape index (κ2) is 4.69. The standard InChI is InChI=1S/C14H23NO2/c1-15-13-8-17-7-12(13)14(16)6-11-5-9-2-3-10(11)4-9/h9-13,15H,2-8H2,1H3. The molecular formula is C14H23NO2. The maximum Gasteiger partial charge on any atom is 0.140 e. The second-order valence-electron chi connectivity index (χ2n) is 6.14. The van der Waals surface area contributed by atoms with Gasteiger partial charge in [0.15, 0.2) is 0 Å². The number of Topliss-reactive ketones (excluding diaryl/α,β-unsaturated/α-hetero) is 1. The molecule has 96 valence electrons. The lowest BCUT2D eigenvalue weighted by Crippen LogP contribution is -2.37. The zero-order valence-electron chi connectivity index (χ0n) is 10.7. The van der Waals surface area contributed by atoms with Crippen molar-refractivity contribution in [1.29, 1.82) is 0 Å². The molecule has 0 aromatic heterocycles. The normalized spacial score (nSPS) is 44.4. The van der Waals surface area contributed by atoms with E-state index < -0.39 is 0 Å². The molecule has 3 heteroatoms. The Hall–Kier alpha value is -0.410. The van der Waals surface area contributed by atoms with Gasteiger partial charge < -0.3 is 10.1 Å². The van der Waals surface area contributed by atoms with Crippen molar-refractivity contribution in [1.82, 2.24) is 5.32 Å². The van der Waals surface area contributed by atoms with Gasteiger partial charge in [-0.15, -0.1) is 0 Å². The van der Waals surface area contributed by atoms with Gasteiger partial charge in [-0.3, -0.25) is 4.79 Å². The first-order valence-corrected chi connectivity index (χ1v) is 7.05. The van der Waals surface area contributed by atoms with Crippen molar-refractivity contribution in [2.75, 3.05) is 20.3 Å². The molecule has 2 aliphatic carbocycles. The Morgan fingerprint density at radius 3 is 2.82 bits per heavy atom. The summed E-state index contributed by atoms with van der Waals surface area (Å²) in [4.78, 5) is 12.3. The first kappa shape index (κ1) is 11.7. The average Bonchev–Trinajstić information content (AvgIpc) is 3.04. The number of hydrogen-bond acceptors (Lipinski definition) is 3. The molecule has 1 N–H and O–H groups in total. The van der Waals surface area contributed by atoms with Gasteiger partial charge in [0.05, 0.1) is 19.1 Å². The lowest BCUT2D eigenvalue weighted by molar-refractivity contribution is -0.124. The maximum atomic E-state index is 12.3. The summed E-state index contributed by atoms with van der Waals surface area (Å²) in [6, 6.07) is 0.251. The van der Waals surface area contributed by atoms with Crippen LogP contribution in [-0.2, 0) is 9.53 Å². The Labute approximate surface area is 103 Å². The maximum absolute atomic E-state index is 12.3. The largest absolute Gasteiger partial charge is 0.379 e. The van der Waals surface area contributed by atoms with E-state index in [9.17, 15) is 4.79 Å². The molecule has 17 heavy (non-hydrogen) atoms. The Morgan fingerprint density at radius 1 is 1.29 bits per heavy atom. The van der Waals surface area contributed by atoms with Crippen molar-refractivity contribution < 1.29 is 9.53 Å². The van der Waals surface area contributed by atoms with Gasteiger partial charge in [0, 0.05) is 12.5 Å². The van der Waals surface area contributed by atoms with E-state index in [4.69, 9.17) is 4.74 Å². The van der Waals surface area contributed by atoms with Gasteiger partial charge in [-0.05, 0) is 44.1 Å². The van der Waals surface area contributed by atoms with Crippen molar-refractivity contribution in [3.63, 3.8) is 0 Å². The summed E-state index contributed by atoms with van der Waals surface area (Å²) < 4.78 is 5.42. The van der Waals surface area contributed by atoms with Crippen LogP contribution in [0.4, 0.5) is 0 Å². The molecule has 0 radical (unpaired) electrons. The van der Waals surface area contributed by atoms with Crippen molar-refractivity contribution in [2.45, 2.75) is 38.1 Å². The lowest BCUT2D eigenvalue weighted by Gasteiger charge is -2.23. The van der Waals surface area contributed by atoms with Crippen LogP contribution in [0.15, 0.2) is 0 Å². The SMILES string of the molecule is CNC1COCC1C(=O)CC1CC2CCC1C2. The third-order valence-electron chi connectivity index (χ3n) is 5.21. The molecule has 0 aromatic rings. The lowest BCUT2D eigenvalue weighted by atomic mass is 9.82. The number of carbonyl (C=O) groups is 1. The van der Waals surface area contributed by atoms with E-state index in [0.29, 0.717) is 24.9 Å². The smallest absolute Gasteiger partial charge is 0.140 e. The minimum Gasteiger partial charge on any atom is -0.379 e. The highest BCUT2D eigenvalue weighted by Gasteiger charge is 2.42. The van der Waals surface area contributed by atoms with Crippen LogP contribution in [0.3, 0.4) is 0 Å². The molecule has 5 unspecified atom stereocenters. The summed E-state index contributed by atoms with van der Waals surface area (Å²) in [5.41, 5.74) is 0. The predicted octanol–water partition coefficient (Wildman–Crippen LogP) is 1.62. The zero-order valence-corrected chi connectivity index (χ0v) is 10.7. The molecule has 0 aromatic carbocycles. The van der Waals surface area contributed by atoms with Crippen LogP contribution in [0.5, 0.6) is 0 Å². The first-order chi connectivity index (χ1) is 8.28. The number of ketones is 1. The van der Waals surface area contributed by atoms with E-state index >= 15 is 0 Å².